The Morgan fingerprint density at radius 2 is 2.11 bits per heavy atom. The average molecular weight is 250 g/mol. The first-order valence-corrected chi connectivity index (χ1v) is 6.12. The van der Waals surface area contributed by atoms with Crippen LogP contribution in [0.4, 0.5) is 5.69 Å². The van der Waals surface area contributed by atoms with Crippen molar-refractivity contribution in [2.24, 2.45) is 10.7 Å². The highest BCUT2D eigenvalue weighted by Gasteiger charge is 2.17. The number of nitrogens with zero attached hydrogens (tertiary/aromatic N) is 2. The molecule has 3 N–H and O–H groups in total. The average Bonchev–Trinajstić information content (AvgIpc) is 2.81. The lowest BCUT2D eigenvalue weighted by molar-refractivity contribution is 1.17. The van der Waals surface area contributed by atoms with Gasteiger partial charge in [0.05, 0.1) is 17.1 Å². The fourth-order valence-electron chi connectivity index (χ4n) is 2.20. The molecule has 0 saturated heterocycles. The van der Waals surface area contributed by atoms with Gasteiger partial charge in [0, 0.05) is 17.7 Å². The SMILES string of the molecule is Cc1cccc(C2=Nc3cc(C(=N)N)ccc3C2)n1. The number of nitrogens with one attached hydrogen (secondary N) is 1. The molecule has 0 saturated carbocycles. The Morgan fingerprint density at radius 3 is 2.84 bits per heavy atom. The van der Waals surface area contributed by atoms with Crippen LogP contribution in [-0.2, 0) is 6.42 Å². The van der Waals surface area contributed by atoms with Crippen LogP contribution in [-0.4, -0.2) is 16.5 Å². The minimum absolute atomic E-state index is 0.0696. The molecule has 4 nitrogen and oxygen atoms in total. The fourth-order valence-corrected chi connectivity index (χ4v) is 2.20. The summed E-state index contributed by atoms with van der Waals surface area (Å²) in [5, 5.41) is 7.46. The zero-order chi connectivity index (χ0) is 13.4. The minimum atomic E-state index is 0.0696. The van der Waals surface area contributed by atoms with Gasteiger partial charge in [-0.05, 0) is 30.7 Å². The molecular weight excluding hydrogens is 236 g/mol. The number of nitrogen functional groups attached to an aromatic ring is 1. The first kappa shape index (κ1) is 11.6. The number of hydrogen-bond acceptors (Lipinski definition) is 3. The molecule has 3 rings (SSSR count). The Kier molecular flexibility index (Phi) is 2.63. The van der Waals surface area contributed by atoms with Crippen molar-refractivity contribution in [3.05, 3.63) is 58.9 Å². The van der Waals surface area contributed by atoms with E-state index in [4.69, 9.17) is 11.1 Å². The number of pyridine rings is 1. The molecule has 0 aliphatic carbocycles. The number of nitrogens with two attached hydrogens (primary N) is 1. The van der Waals surface area contributed by atoms with Gasteiger partial charge in [0.1, 0.15) is 5.84 Å². The van der Waals surface area contributed by atoms with Gasteiger partial charge in [-0.3, -0.25) is 15.4 Å². The predicted molar refractivity (Wildman–Crippen MR) is 76.3 cm³/mol. The van der Waals surface area contributed by atoms with Gasteiger partial charge in [0.25, 0.3) is 0 Å². The topological polar surface area (TPSA) is 75.1 Å². The first-order chi connectivity index (χ1) is 9.13. The summed E-state index contributed by atoms with van der Waals surface area (Å²) in [6, 6.07) is 11.6. The van der Waals surface area contributed by atoms with Crippen molar-refractivity contribution in [2.45, 2.75) is 13.3 Å². The highest BCUT2D eigenvalue weighted by atomic mass is 14.8. The third kappa shape index (κ3) is 2.12. The van der Waals surface area contributed by atoms with Crippen molar-refractivity contribution >= 4 is 17.2 Å². The van der Waals surface area contributed by atoms with Gasteiger partial charge in [-0.15, -0.1) is 0 Å². The second-order valence-electron chi connectivity index (χ2n) is 4.66. The van der Waals surface area contributed by atoms with E-state index in [1.54, 1.807) is 0 Å². The van der Waals surface area contributed by atoms with Gasteiger partial charge in [-0.2, -0.15) is 0 Å². The molecule has 0 atom stereocenters. The zero-order valence-corrected chi connectivity index (χ0v) is 10.6. The number of aryl methyl sites for hydroxylation is 1. The predicted octanol–water partition coefficient (Wildman–Crippen LogP) is 2.35. The highest BCUT2D eigenvalue weighted by Crippen LogP contribution is 2.29. The third-order valence-electron chi connectivity index (χ3n) is 3.19. The Bertz CT molecular complexity index is 701. The van der Waals surface area contributed by atoms with Crippen molar-refractivity contribution in [3.63, 3.8) is 0 Å². The van der Waals surface area contributed by atoms with Crippen molar-refractivity contribution in [1.29, 1.82) is 5.41 Å². The Balaban J connectivity index is 2.00. The number of amidine groups is 1. The second kappa shape index (κ2) is 4.31. The summed E-state index contributed by atoms with van der Waals surface area (Å²) in [7, 11) is 0. The highest BCUT2D eigenvalue weighted by molar-refractivity contribution is 6.06. The van der Waals surface area contributed by atoms with E-state index in [1.165, 1.54) is 0 Å². The molecule has 94 valence electrons. The maximum Gasteiger partial charge on any atom is 0.122 e. The summed E-state index contributed by atoms with van der Waals surface area (Å²) >= 11 is 0. The van der Waals surface area contributed by atoms with Crippen molar-refractivity contribution < 1.29 is 0 Å². The van der Waals surface area contributed by atoms with E-state index in [9.17, 15) is 0 Å². The van der Waals surface area contributed by atoms with Gasteiger partial charge in [0.15, 0.2) is 0 Å². The second-order valence-corrected chi connectivity index (χ2v) is 4.66. The third-order valence-corrected chi connectivity index (χ3v) is 3.19. The number of aliphatic imine (C=N–C) groups is 1. The molecular formula is C15H14N4. The molecule has 0 radical (unpaired) electrons. The monoisotopic (exact) mass is 250 g/mol. The summed E-state index contributed by atoms with van der Waals surface area (Å²) in [5.41, 5.74) is 11.1. The summed E-state index contributed by atoms with van der Waals surface area (Å²) < 4.78 is 0. The number of hydrogen-bond donors (Lipinski definition) is 2. The number of rotatable bonds is 2. The summed E-state index contributed by atoms with van der Waals surface area (Å²) in [6.45, 7) is 1.97. The fraction of sp³-hybridized carbons (Fsp3) is 0.133. The van der Waals surface area contributed by atoms with E-state index in [0.29, 0.717) is 5.56 Å². The van der Waals surface area contributed by atoms with E-state index >= 15 is 0 Å². The van der Waals surface area contributed by atoms with Gasteiger partial charge < -0.3 is 5.73 Å². The molecule has 0 bridgehead atoms. The Hall–Kier alpha value is -2.49. The quantitative estimate of drug-likeness (QED) is 0.634. The van der Waals surface area contributed by atoms with Crippen molar-refractivity contribution in [1.82, 2.24) is 4.98 Å². The summed E-state index contributed by atoms with van der Waals surface area (Å²) in [6.07, 6.45) is 0.782. The van der Waals surface area contributed by atoms with Gasteiger partial charge in [0.2, 0.25) is 0 Å². The van der Waals surface area contributed by atoms with Gasteiger partial charge in [-0.1, -0.05) is 18.2 Å². The van der Waals surface area contributed by atoms with Crippen LogP contribution in [0.1, 0.15) is 22.5 Å². The molecule has 0 amide bonds. The maximum absolute atomic E-state index is 7.46. The van der Waals surface area contributed by atoms with E-state index in [1.807, 2.05) is 43.3 Å². The van der Waals surface area contributed by atoms with E-state index in [0.717, 1.165) is 34.8 Å². The van der Waals surface area contributed by atoms with E-state index in [2.05, 4.69) is 9.98 Å². The number of fused-ring (bicyclic) bond motifs is 1. The largest absolute Gasteiger partial charge is 0.384 e. The summed E-state index contributed by atoms with van der Waals surface area (Å²) in [5.74, 6) is 0.0696. The molecule has 2 aromatic rings. The first-order valence-electron chi connectivity index (χ1n) is 6.12. The number of benzene rings is 1. The Labute approximate surface area is 111 Å². The van der Waals surface area contributed by atoms with Gasteiger partial charge >= 0.3 is 0 Å². The molecule has 1 aromatic heterocycles. The molecule has 0 spiro atoms. The van der Waals surface area contributed by atoms with Crippen LogP contribution in [0, 0.1) is 12.3 Å². The van der Waals surface area contributed by atoms with Gasteiger partial charge in [-0.25, -0.2) is 0 Å². The van der Waals surface area contributed by atoms with Crippen molar-refractivity contribution in [2.75, 3.05) is 0 Å². The van der Waals surface area contributed by atoms with Crippen LogP contribution in [0.2, 0.25) is 0 Å². The Morgan fingerprint density at radius 1 is 1.26 bits per heavy atom. The lowest BCUT2D eigenvalue weighted by Gasteiger charge is -2.01. The maximum atomic E-state index is 7.46. The molecule has 0 unspecified atom stereocenters. The zero-order valence-electron chi connectivity index (χ0n) is 10.6. The lowest BCUT2D eigenvalue weighted by Crippen LogP contribution is -2.10. The van der Waals surface area contributed by atoms with Crippen molar-refractivity contribution in [3.8, 4) is 0 Å². The van der Waals surface area contributed by atoms with Crippen LogP contribution in [0.5, 0.6) is 0 Å². The van der Waals surface area contributed by atoms with Crippen LogP contribution in [0.3, 0.4) is 0 Å². The summed E-state index contributed by atoms with van der Waals surface area (Å²) in [4.78, 5) is 9.11. The molecule has 1 aliphatic rings. The molecule has 19 heavy (non-hydrogen) atoms. The lowest BCUT2D eigenvalue weighted by atomic mass is 10.1. The molecule has 4 heteroatoms. The minimum Gasteiger partial charge on any atom is -0.384 e. The molecule has 2 heterocycles. The van der Waals surface area contributed by atoms with E-state index < -0.39 is 0 Å². The van der Waals surface area contributed by atoms with E-state index in [-0.39, 0.29) is 5.84 Å². The number of aromatic nitrogens is 1. The smallest absolute Gasteiger partial charge is 0.122 e. The molecule has 1 aliphatic heterocycles. The van der Waals surface area contributed by atoms with Crippen LogP contribution in [0.15, 0.2) is 41.4 Å². The molecule has 1 aromatic carbocycles. The van der Waals surface area contributed by atoms with Crippen LogP contribution < -0.4 is 5.73 Å². The molecule has 0 fully saturated rings. The van der Waals surface area contributed by atoms with Crippen LogP contribution in [0.25, 0.3) is 0 Å². The standard InChI is InChI=1S/C15H14N4/c1-9-3-2-4-12(18-9)14-7-10-5-6-11(15(16)17)8-13(10)19-14/h2-6,8H,7H2,1H3,(H3,16,17). The normalized spacial score (nSPS) is 13.0. The van der Waals surface area contributed by atoms with Crippen LogP contribution >= 0.6 is 0 Å².